The van der Waals surface area contributed by atoms with Gasteiger partial charge in [-0.25, -0.2) is 0 Å². The van der Waals surface area contributed by atoms with Crippen LogP contribution in [0.2, 0.25) is 0 Å². The summed E-state index contributed by atoms with van der Waals surface area (Å²) in [6.45, 7) is 3.37. The van der Waals surface area contributed by atoms with Crippen LogP contribution >= 0.6 is 0 Å². The van der Waals surface area contributed by atoms with Crippen LogP contribution in [0.3, 0.4) is 0 Å². The van der Waals surface area contributed by atoms with E-state index in [-0.39, 0.29) is 18.1 Å². The normalized spacial score (nSPS) is 19.6. The average Bonchev–Trinajstić information content (AvgIpc) is 2.45. The van der Waals surface area contributed by atoms with Crippen molar-refractivity contribution in [2.24, 2.45) is 0 Å². The summed E-state index contributed by atoms with van der Waals surface area (Å²) < 4.78 is 5.73. The van der Waals surface area contributed by atoms with Crippen LogP contribution in [0.5, 0.6) is 0 Å². The molecule has 1 aromatic rings. The highest BCUT2D eigenvalue weighted by molar-refractivity contribution is 5.76. The van der Waals surface area contributed by atoms with Gasteiger partial charge in [-0.1, -0.05) is 24.3 Å². The molecule has 1 amide bonds. The van der Waals surface area contributed by atoms with Crippen LogP contribution < -0.4 is 10.6 Å². The van der Waals surface area contributed by atoms with Gasteiger partial charge in [-0.2, -0.15) is 0 Å². The highest BCUT2D eigenvalue weighted by Crippen LogP contribution is 2.29. The number of fused-ring (bicyclic) bond motifs is 1. The first-order valence-electron chi connectivity index (χ1n) is 6.84. The number of ether oxygens (including phenoxy) is 1. The molecule has 2 rings (SSSR count). The molecule has 0 bridgehead atoms. The molecule has 104 valence electrons. The van der Waals surface area contributed by atoms with Gasteiger partial charge in [-0.05, 0) is 31.5 Å². The lowest BCUT2D eigenvalue weighted by Crippen LogP contribution is -2.38. The lowest BCUT2D eigenvalue weighted by Gasteiger charge is -2.25. The van der Waals surface area contributed by atoms with Crippen molar-refractivity contribution in [2.75, 3.05) is 20.2 Å². The minimum absolute atomic E-state index is 0.0452. The first kappa shape index (κ1) is 14.0. The zero-order valence-corrected chi connectivity index (χ0v) is 11.6. The van der Waals surface area contributed by atoms with Gasteiger partial charge in [-0.3, -0.25) is 4.79 Å². The van der Waals surface area contributed by atoms with E-state index in [2.05, 4.69) is 22.8 Å². The van der Waals surface area contributed by atoms with Gasteiger partial charge < -0.3 is 15.4 Å². The van der Waals surface area contributed by atoms with Crippen molar-refractivity contribution in [1.29, 1.82) is 0 Å². The Bertz CT molecular complexity index is 434. The van der Waals surface area contributed by atoms with Crippen LogP contribution in [0.1, 0.15) is 30.6 Å². The van der Waals surface area contributed by atoms with E-state index < -0.39 is 0 Å². The van der Waals surface area contributed by atoms with Crippen LogP contribution in [0.4, 0.5) is 0 Å². The van der Waals surface area contributed by atoms with E-state index in [1.54, 1.807) is 0 Å². The smallest absolute Gasteiger partial charge is 0.223 e. The van der Waals surface area contributed by atoms with Gasteiger partial charge in [0.15, 0.2) is 0 Å². The molecular weight excluding hydrogens is 240 g/mol. The van der Waals surface area contributed by atoms with Gasteiger partial charge >= 0.3 is 0 Å². The number of nitrogens with one attached hydrogen (secondary N) is 2. The third-order valence-corrected chi connectivity index (χ3v) is 3.56. The van der Waals surface area contributed by atoms with Gasteiger partial charge in [0, 0.05) is 12.6 Å². The number of carbonyl (C=O) groups is 1. The van der Waals surface area contributed by atoms with Gasteiger partial charge in [0.25, 0.3) is 0 Å². The maximum absolute atomic E-state index is 11.9. The second kappa shape index (κ2) is 6.68. The summed E-state index contributed by atoms with van der Waals surface area (Å²) in [7, 11) is 1.89. The molecule has 4 heteroatoms. The molecule has 0 aromatic heterocycles. The van der Waals surface area contributed by atoms with Gasteiger partial charge in [-0.15, -0.1) is 0 Å². The van der Waals surface area contributed by atoms with Crippen LogP contribution in [0, 0.1) is 0 Å². The summed E-state index contributed by atoms with van der Waals surface area (Å²) in [6.07, 6.45) is 1.23. The maximum atomic E-state index is 11.9. The Morgan fingerprint density at radius 3 is 3.05 bits per heavy atom. The number of rotatable bonds is 5. The summed E-state index contributed by atoms with van der Waals surface area (Å²) >= 11 is 0. The van der Waals surface area contributed by atoms with E-state index in [9.17, 15) is 4.79 Å². The Balaban J connectivity index is 1.91. The van der Waals surface area contributed by atoms with Crippen molar-refractivity contribution < 1.29 is 9.53 Å². The fourth-order valence-electron chi connectivity index (χ4n) is 2.26. The number of carbonyl (C=O) groups excluding carboxylic acids is 1. The number of hydrogen-bond donors (Lipinski definition) is 2. The molecule has 2 atom stereocenters. The first-order valence-corrected chi connectivity index (χ1v) is 6.84. The van der Waals surface area contributed by atoms with Crippen molar-refractivity contribution in [2.45, 2.75) is 31.9 Å². The van der Waals surface area contributed by atoms with E-state index in [1.807, 2.05) is 26.1 Å². The second-order valence-corrected chi connectivity index (χ2v) is 5.01. The molecule has 1 aliphatic rings. The van der Waals surface area contributed by atoms with E-state index in [1.165, 1.54) is 5.56 Å². The fourth-order valence-corrected chi connectivity index (χ4v) is 2.26. The molecule has 0 radical (unpaired) electrons. The molecule has 0 saturated heterocycles. The minimum Gasteiger partial charge on any atom is -0.373 e. The topological polar surface area (TPSA) is 50.4 Å². The van der Waals surface area contributed by atoms with Gasteiger partial charge in [0.1, 0.15) is 0 Å². The maximum Gasteiger partial charge on any atom is 0.223 e. The monoisotopic (exact) mass is 262 g/mol. The predicted molar refractivity (Wildman–Crippen MR) is 75.0 cm³/mol. The molecule has 2 unspecified atom stereocenters. The predicted octanol–water partition coefficient (Wildman–Crippen LogP) is 1.41. The second-order valence-electron chi connectivity index (χ2n) is 5.01. The minimum atomic E-state index is -0.102. The third kappa shape index (κ3) is 3.78. The van der Waals surface area contributed by atoms with Crippen LogP contribution in [-0.4, -0.2) is 32.1 Å². The molecule has 1 aromatic carbocycles. The Labute approximate surface area is 114 Å². The molecule has 19 heavy (non-hydrogen) atoms. The van der Waals surface area contributed by atoms with Crippen LogP contribution in [-0.2, 0) is 16.0 Å². The third-order valence-electron chi connectivity index (χ3n) is 3.56. The quantitative estimate of drug-likeness (QED) is 0.843. The molecule has 4 nitrogen and oxygen atoms in total. The van der Waals surface area contributed by atoms with E-state index >= 15 is 0 Å². The fraction of sp³-hybridized carbons (Fsp3) is 0.533. The first-order chi connectivity index (χ1) is 9.20. The Hall–Kier alpha value is -1.39. The highest BCUT2D eigenvalue weighted by Gasteiger charge is 2.22. The molecule has 0 spiro atoms. The Morgan fingerprint density at radius 1 is 1.47 bits per heavy atom. The van der Waals surface area contributed by atoms with Crippen molar-refractivity contribution in [3.63, 3.8) is 0 Å². The van der Waals surface area contributed by atoms with Crippen molar-refractivity contribution in [3.05, 3.63) is 35.4 Å². The molecule has 2 N–H and O–H groups in total. The summed E-state index contributed by atoms with van der Waals surface area (Å²) in [5.74, 6) is 0.0452. The summed E-state index contributed by atoms with van der Waals surface area (Å²) in [6, 6.07) is 8.50. The summed E-state index contributed by atoms with van der Waals surface area (Å²) in [5, 5.41) is 6.02. The molecule has 1 aliphatic heterocycles. The SMILES string of the molecule is CNC(C)CNC(=O)CC1OCCc2ccccc21. The standard InChI is InChI=1S/C15H22N2O2/c1-11(16-2)10-17-15(18)9-14-13-6-4-3-5-12(13)7-8-19-14/h3-6,11,14,16H,7-10H2,1-2H3,(H,17,18). The summed E-state index contributed by atoms with van der Waals surface area (Å²) in [5.41, 5.74) is 2.46. The summed E-state index contributed by atoms with van der Waals surface area (Å²) in [4.78, 5) is 11.9. The van der Waals surface area contributed by atoms with E-state index in [4.69, 9.17) is 4.74 Å². The van der Waals surface area contributed by atoms with Gasteiger partial charge in [0.05, 0.1) is 19.1 Å². The van der Waals surface area contributed by atoms with Crippen LogP contribution in [0.15, 0.2) is 24.3 Å². The number of likely N-dealkylation sites (N-methyl/N-ethyl adjacent to an activating group) is 1. The highest BCUT2D eigenvalue weighted by atomic mass is 16.5. The molecule has 0 saturated carbocycles. The molecule has 0 fully saturated rings. The number of amides is 1. The molecule has 1 heterocycles. The zero-order valence-electron chi connectivity index (χ0n) is 11.6. The lowest BCUT2D eigenvalue weighted by atomic mass is 9.95. The van der Waals surface area contributed by atoms with Crippen molar-refractivity contribution in [1.82, 2.24) is 10.6 Å². The molecular formula is C15H22N2O2. The van der Waals surface area contributed by atoms with Crippen LogP contribution in [0.25, 0.3) is 0 Å². The van der Waals surface area contributed by atoms with E-state index in [0.717, 1.165) is 12.0 Å². The van der Waals surface area contributed by atoms with Crippen molar-refractivity contribution in [3.8, 4) is 0 Å². The zero-order chi connectivity index (χ0) is 13.7. The Kier molecular flexibility index (Phi) is 4.93. The largest absolute Gasteiger partial charge is 0.373 e. The number of hydrogen-bond acceptors (Lipinski definition) is 3. The van der Waals surface area contributed by atoms with Crippen molar-refractivity contribution >= 4 is 5.91 Å². The van der Waals surface area contributed by atoms with E-state index in [0.29, 0.717) is 19.6 Å². The number of benzene rings is 1. The van der Waals surface area contributed by atoms with Gasteiger partial charge in [0.2, 0.25) is 5.91 Å². The lowest BCUT2D eigenvalue weighted by molar-refractivity contribution is -0.124. The Morgan fingerprint density at radius 2 is 2.26 bits per heavy atom. The molecule has 0 aliphatic carbocycles. The average molecular weight is 262 g/mol.